The first kappa shape index (κ1) is 19.9. The molecule has 0 aromatic heterocycles. The highest BCUT2D eigenvalue weighted by Crippen LogP contribution is 2.28. The first-order valence-corrected chi connectivity index (χ1v) is 9.95. The molecule has 2 aromatic carbocycles. The van der Waals surface area contributed by atoms with Gasteiger partial charge in [0, 0.05) is 43.1 Å². The molecule has 1 heterocycles. The van der Waals surface area contributed by atoms with E-state index in [2.05, 4.69) is 30.1 Å². The van der Waals surface area contributed by atoms with Crippen molar-refractivity contribution in [2.24, 2.45) is 5.92 Å². The van der Waals surface area contributed by atoms with E-state index in [4.69, 9.17) is 0 Å². The van der Waals surface area contributed by atoms with Gasteiger partial charge in [-0.3, -0.25) is 9.59 Å². The Morgan fingerprint density at radius 1 is 1.07 bits per heavy atom. The zero-order valence-corrected chi connectivity index (χ0v) is 17.2. The van der Waals surface area contributed by atoms with Crippen molar-refractivity contribution in [3.63, 3.8) is 0 Å². The van der Waals surface area contributed by atoms with Gasteiger partial charge in [0.25, 0.3) is 0 Å². The molecule has 1 atom stereocenters. The van der Waals surface area contributed by atoms with Crippen molar-refractivity contribution in [1.29, 1.82) is 0 Å². The maximum Gasteiger partial charge on any atom is 0.229 e. The molecule has 2 aromatic rings. The van der Waals surface area contributed by atoms with Gasteiger partial charge in [-0.1, -0.05) is 6.07 Å². The van der Waals surface area contributed by atoms with Crippen LogP contribution in [0.4, 0.5) is 17.1 Å². The predicted molar refractivity (Wildman–Crippen MR) is 115 cm³/mol. The molecule has 1 aliphatic heterocycles. The number of anilines is 3. The molecule has 1 aliphatic rings. The maximum atomic E-state index is 12.7. The zero-order valence-electron chi connectivity index (χ0n) is 17.2. The first-order valence-electron chi connectivity index (χ1n) is 9.95. The third-order valence-electron chi connectivity index (χ3n) is 5.28. The molecule has 5 nitrogen and oxygen atoms in total. The summed E-state index contributed by atoms with van der Waals surface area (Å²) in [6.45, 7) is 10.6. The Bertz CT molecular complexity index is 836. The quantitative estimate of drug-likeness (QED) is 0.821. The lowest BCUT2D eigenvalue weighted by molar-refractivity contribution is -0.122. The average Bonchev–Trinajstić information content (AvgIpc) is 3.04. The maximum absolute atomic E-state index is 12.7. The van der Waals surface area contributed by atoms with Gasteiger partial charge in [0.1, 0.15) is 0 Å². The van der Waals surface area contributed by atoms with Crippen LogP contribution in [0.1, 0.15) is 31.4 Å². The van der Waals surface area contributed by atoms with E-state index in [1.807, 2.05) is 50.2 Å². The lowest BCUT2D eigenvalue weighted by Gasteiger charge is -2.22. The van der Waals surface area contributed by atoms with Crippen LogP contribution in [0.2, 0.25) is 0 Å². The fourth-order valence-corrected chi connectivity index (χ4v) is 3.86. The summed E-state index contributed by atoms with van der Waals surface area (Å²) in [4.78, 5) is 29.2. The van der Waals surface area contributed by atoms with E-state index in [0.29, 0.717) is 6.54 Å². The zero-order chi connectivity index (χ0) is 20.3. The molecule has 28 heavy (non-hydrogen) atoms. The highest BCUT2D eigenvalue weighted by Gasteiger charge is 2.35. The lowest BCUT2D eigenvalue weighted by Crippen LogP contribution is -2.28. The normalized spacial score (nSPS) is 16.4. The van der Waals surface area contributed by atoms with E-state index in [9.17, 15) is 9.59 Å². The minimum absolute atomic E-state index is 0.00355. The largest absolute Gasteiger partial charge is 0.372 e. The third-order valence-corrected chi connectivity index (χ3v) is 5.28. The van der Waals surface area contributed by atoms with Gasteiger partial charge >= 0.3 is 0 Å². The van der Waals surface area contributed by atoms with Gasteiger partial charge in [-0.2, -0.15) is 0 Å². The molecule has 0 bridgehead atoms. The van der Waals surface area contributed by atoms with Crippen LogP contribution >= 0.6 is 0 Å². The number of hydrogen-bond acceptors (Lipinski definition) is 3. The number of amides is 2. The summed E-state index contributed by atoms with van der Waals surface area (Å²) in [5.74, 6) is -0.437. The van der Waals surface area contributed by atoms with Crippen LogP contribution in [-0.2, 0) is 9.59 Å². The Labute approximate surface area is 167 Å². The Kier molecular flexibility index (Phi) is 6.02. The molecule has 148 valence electrons. The number of carbonyl (C=O) groups excluding carboxylic acids is 2. The lowest BCUT2D eigenvalue weighted by atomic mass is 10.1. The van der Waals surface area contributed by atoms with Crippen molar-refractivity contribution in [3.8, 4) is 0 Å². The van der Waals surface area contributed by atoms with Crippen molar-refractivity contribution >= 4 is 28.9 Å². The van der Waals surface area contributed by atoms with Gasteiger partial charge in [-0.05, 0) is 75.2 Å². The van der Waals surface area contributed by atoms with Crippen molar-refractivity contribution in [2.45, 2.75) is 34.1 Å². The fourth-order valence-electron chi connectivity index (χ4n) is 3.86. The van der Waals surface area contributed by atoms with Crippen LogP contribution in [0.25, 0.3) is 0 Å². The molecule has 5 heteroatoms. The minimum atomic E-state index is -0.337. The van der Waals surface area contributed by atoms with Gasteiger partial charge < -0.3 is 15.1 Å². The molecule has 1 unspecified atom stereocenters. The molecule has 0 spiro atoms. The number of aryl methyl sites for hydroxylation is 2. The average molecular weight is 380 g/mol. The monoisotopic (exact) mass is 379 g/mol. The van der Waals surface area contributed by atoms with Crippen molar-refractivity contribution in [1.82, 2.24) is 0 Å². The summed E-state index contributed by atoms with van der Waals surface area (Å²) in [6.07, 6.45) is 0.244. The van der Waals surface area contributed by atoms with E-state index in [-0.39, 0.29) is 24.2 Å². The van der Waals surface area contributed by atoms with Crippen LogP contribution in [0.3, 0.4) is 0 Å². The summed E-state index contributed by atoms with van der Waals surface area (Å²) in [5, 5.41) is 2.97. The number of nitrogens with one attached hydrogen (secondary N) is 1. The van der Waals surface area contributed by atoms with Gasteiger partial charge in [0.05, 0.1) is 5.92 Å². The van der Waals surface area contributed by atoms with E-state index < -0.39 is 0 Å². The SMILES string of the molecule is CCN(CC)c1ccc(N2CC(C(=O)Nc3cc(C)cc(C)c3)CC2=O)cc1. The molecular weight excluding hydrogens is 350 g/mol. The van der Waals surface area contributed by atoms with Crippen molar-refractivity contribution < 1.29 is 9.59 Å². The Morgan fingerprint density at radius 3 is 2.25 bits per heavy atom. The third kappa shape index (κ3) is 4.35. The minimum Gasteiger partial charge on any atom is -0.372 e. The molecule has 0 aliphatic carbocycles. The van der Waals surface area contributed by atoms with Gasteiger partial charge in [0.15, 0.2) is 0 Å². The first-order chi connectivity index (χ1) is 13.4. The standard InChI is InChI=1S/C23H29N3O2/c1-5-25(6-2)20-7-9-21(10-8-20)26-15-18(14-22(26)27)23(28)24-19-12-16(3)11-17(4)13-19/h7-13,18H,5-6,14-15H2,1-4H3,(H,24,28). The van der Waals surface area contributed by atoms with Gasteiger partial charge in [-0.25, -0.2) is 0 Å². The molecule has 2 amide bonds. The molecular formula is C23H29N3O2. The van der Waals surface area contributed by atoms with Crippen molar-refractivity contribution in [2.75, 3.05) is 34.8 Å². The summed E-state index contributed by atoms with van der Waals surface area (Å²) in [5.41, 5.74) is 4.99. The summed E-state index contributed by atoms with van der Waals surface area (Å²) in [6, 6.07) is 14.0. The fraction of sp³-hybridized carbons (Fsp3) is 0.391. The molecule has 1 saturated heterocycles. The number of benzene rings is 2. The highest BCUT2D eigenvalue weighted by atomic mass is 16.2. The summed E-state index contributed by atoms with van der Waals surface area (Å²) in [7, 11) is 0. The van der Waals surface area contributed by atoms with Crippen LogP contribution < -0.4 is 15.1 Å². The number of nitrogens with zero attached hydrogens (tertiary/aromatic N) is 2. The van der Waals surface area contributed by atoms with Crippen LogP contribution in [-0.4, -0.2) is 31.4 Å². The smallest absolute Gasteiger partial charge is 0.229 e. The second-order valence-corrected chi connectivity index (χ2v) is 7.46. The molecule has 0 saturated carbocycles. The summed E-state index contributed by atoms with van der Waals surface area (Å²) < 4.78 is 0. The van der Waals surface area contributed by atoms with Gasteiger partial charge in [0.2, 0.25) is 11.8 Å². The Hall–Kier alpha value is -2.82. The summed E-state index contributed by atoms with van der Waals surface area (Å²) >= 11 is 0. The van der Waals surface area contributed by atoms with E-state index in [1.165, 1.54) is 0 Å². The van der Waals surface area contributed by atoms with Gasteiger partial charge in [-0.15, -0.1) is 0 Å². The second-order valence-electron chi connectivity index (χ2n) is 7.46. The van der Waals surface area contributed by atoms with E-state index >= 15 is 0 Å². The van der Waals surface area contributed by atoms with Crippen LogP contribution in [0.15, 0.2) is 42.5 Å². The molecule has 3 rings (SSSR count). The Balaban J connectivity index is 1.68. The topological polar surface area (TPSA) is 52.6 Å². The molecule has 0 radical (unpaired) electrons. The number of rotatable bonds is 6. The molecule has 1 N–H and O–H groups in total. The Morgan fingerprint density at radius 2 is 1.68 bits per heavy atom. The van der Waals surface area contributed by atoms with E-state index in [0.717, 1.165) is 41.3 Å². The predicted octanol–water partition coefficient (Wildman–Crippen LogP) is 4.14. The highest BCUT2D eigenvalue weighted by molar-refractivity contribution is 6.03. The van der Waals surface area contributed by atoms with Crippen LogP contribution in [0, 0.1) is 19.8 Å². The van der Waals surface area contributed by atoms with Crippen molar-refractivity contribution in [3.05, 3.63) is 53.6 Å². The van der Waals surface area contributed by atoms with E-state index in [1.54, 1.807) is 4.90 Å². The van der Waals surface area contributed by atoms with Crippen LogP contribution in [0.5, 0.6) is 0 Å². The molecule has 1 fully saturated rings. The number of hydrogen-bond donors (Lipinski definition) is 1. The number of carbonyl (C=O) groups is 2. The second kappa shape index (κ2) is 8.46.